The smallest absolute Gasteiger partial charge is 0.224 e. The van der Waals surface area contributed by atoms with E-state index in [-0.39, 0.29) is 42.1 Å². The van der Waals surface area contributed by atoms with Crippen LogP contribution in [0.4, 0.5) is 4.39 Å². The lowest BCUT2D eigenvalue weighted by molar-refractivity contribution is -0.120. The predicted molar refractivity (Wildman–Crippen MR) is 129 cm³/mol. The van der Waals surface area contributed by atoms with Gasteiger partial charge in [-0.15, -0.1) is 24.0 Å². The van der Waals surface area contributed by atoms with Crippen LogP contribution in [0.5, 0.6) is 5.75 Å². The largest absolute Gasteiger partial charge is 0.496 e. The van der Waals surface area contributed by atoms with Crippen LogP contribution in [-0.4, -0.2) is 38.6 Å². The topological polar surface area (TPSA) is 74.8 Å². The Balaban J connectivity index is 0.00000450. The van der Waals surface area contributed by atoms with Crippen LogP contribution in [0.3, 0.4) is 0 Å². The van der Waals surface area contributed by atoms with E-state index in [1.165, 1.54) is 12.1 Å². The Morgan fingerprint density at radius 1 is 1.07 bits per heavy atom. The number of aliphatic imine (C=N–C) groups is 1. The second-order valence-electron chi connectivity index (χ2n) is 6.59. The minimum Gasteiger partial charge on any atom is -0.496 e. The molecule has 0 saturated heterocycles. The number of nitrogens with zero attached hydrogens (tertiary/aromatic N) is 1. The summed E-state index contributed by atoms with van der Waals surface area (Å²) < 4.78 is 18.3. The monoisotopic (exact) mass is 528 g/mol. The van der Waals surface area contributed by atoms with Gasteiger partial charge in [-0.05, 0) is 43.2 Å². The number of benzene rings is 2. The number of ether oxygens (including phenoxy) is 1. The van der Waals surface area contributed by atoms with Crippen molar-refractivity contribution in [2.45, 2.75) is 26.8 Å². The lowest BCUT2D eigenvalue weighted by Crippen LogP contribution is -2.41. The molecule has 0 bridgehead atoms. The molecule has 0 unspecified atom stereocenters. The summed E-state index contributed by atoms with van der Waals surface area (Å²) in [5.74, 6) is 1.07. The van der Waals surface area contributed by atoms with Gasteiger partial charge in [0, 0.05) is 25.2 Å². The van der Waals surface area contributed by atoms with Crippen molar-refractivity contribution in [2.75, 3.05) is 26.7 Å². The third kappa shape index (κ3) is 8.98. The van der Waals surface area contributed by atoms with Crippen LogP contribution in [0.1, 0.15) is 23.6 Å². The molecule has 1 amide bonds. The average Bonchev–Trinajstić information content (AvgIpc) is 2.71. The first-order valence-corrected chi connectivity index (χ1v) is 9.68. The number of rotatable bonds is 9. The average molecular weight is 528 g/mol. The van der Waals surface area contributed by atoms with Gasteiger partial charge in [0.1, 0.15) is 11.6 Å². The summed E-state index contributed by atoms with van der Waals surface area (Å²) in [7, 11) is 1.65. The maximum atomic E-state index is 12.9. The molecule has 30 heavy (non-hydrogen) atoms. The summed E-state index contributed by atoms with van der Waals surface area (Å²) in [6.07, 6.45) is 0.224. The lowest BCUT2D eigenvalue weighted by Gasteiger charge is -2.13. The van der Waals surface area contributed by atoms with Crippen molar-refractivity contribution in [3.63, 3.8) is 0 Å². The minimum atomic E-state index is -0.308. The van der Waals surface area contributed by atoms with Crippen LogP contribution in [0, 0.1) is 12.7 Å². The number of carbonyl (C=O) groups excluding carboxylic acids is 1. The zero-order chi connectivity index (χ0) is 21.1. The standard InChI is InChI=1S/C22H29FN4O2.HI/c1-4-24-22(27-15-18-8-5-16(2)13-20(18)29-3)26-12-11-25-21(28)14-17-6-9-19(23)10-7-17;/h5-10,13H,4,11-12,14-15H2,1-3H3,(H,25,28)(H2,24,26,27);1H. The van der Waals surface area contributed by atoms with E-state index in [4.69, 9.17) is 4.74 Å². The molecule has 0 aliphatic heterocycles. The zero-order valence-electron chi connectivity index (χ0n) is 17.6. The summed E-state index contributed by atoms with van der Waals surface area (Å²) in [4.78, 5) is 16.6. The number of methoxy groups -OCH3 is 1. The minimum absolute atomic E-state index is 0. The summed E-state index contributed by atoms with van der Waals surface area (Å²) >= 11 is 0. The number of aryl methyl sites for hydroxylation is 1. The summed E-state index contributed by atoms with van der Waals surface area (Å²) in [6, 6.07) is 12.0. The Labute approximate surface area is 194 Å². The van der Waals surface area contributed by atoms with E-state index in [0.29, 0.717) is 25.6 Å². The molecule has 0 fully saturated rings. The molecule has 8 heteroatoms. The maximum Gasteiger partial charge on any atom is 0.224 e. The maximum absolute atomic E-state index is 12.9. The second-order valence-corrected chi connectivity index (χ2v) is 6.59. The Kier molecular flexibility index (Phi) is 11.8. The fourth-order valence-corrected chi connectivity index (χ4v) is 2.72. The second kappa shape index (κ2) is 13.8. The number of hydrogen-bond donors (Lipinski definition) is 3. The van der Waals surface area contributed by atoms with Crippen molar-refractivity contribution in [3.05, 3.63) is 65.0 Å². The molecule has 3 N–H and O–H groups in total. The molecule has 0 aliphatic carbocycles. The van der Waals surface area contributed by atoms with Crippen molar-refractivity contribution in [3.8, 4) is 5.75 Å². The summed E-state index contributed by atoms with van der Waals surface area (Å²) in [6.45, 7) is 6.22. The highest BCUT2D eigenvalue weighted by atomic mass is 127. The van der Waals surface area contributed by atoms with Crippen molar-refractivity contribution >= 4 is 35.8 Å². The Morgan fingerprint density at radius 3 is 2.43 bits per heavy atom. The molecule has 6 nitrogen and oxygen atoms in total. The van der Waals surface area contributed by atoms with E-state index in [2.05, 4.69) is 20.9 Å². The summed E-state index contributed by atoms with van der Waals surface area (Å²) in [5, 5.41) is 9.23. The molecular weight excluding hydrogens is 498 g/mol. The van der Waals surface area contributed by atoms with Crippen LogP contribution in [0.15, 0.2) is 47.5 Å². The molecule has 2 aromatic carbocycles. The van der Waals surface area contributed by atoms with Gasteiger partial charge in [0.05, 0.1) is 20.1 Å². The predicted octanol–water partition coefficient (Wildman–Crippen LogP) is 3.17. The molecule has 2 aromatic rings. The van der Waals surface area contributed by atoms with Crippen molar-refractivity contribution < 1.29 is 13.9 Å². The number of nitrogens with one attached hydrogen (secondary N) is 3. The van der Waals surface area contributed by atoms with E-state index >= 15 is 0 Å². The van der Waals surface area contributed by atoms with Gasteiger partial charge in [0.25, 0.3) is 0 Å². The van der Waals surface area contributed by atoms with Gasteiger partial charge in [0.2, 0.25) is 5.91 Å². The van der Waals surface area contributed by atoms with Crippen LogP contribution >= 0.6 is 24.0 Å². The van der Waals surface area contributed by atoms with E-state index in [0.717, 1.165) is 29.0 Å². The highest BCUT2D eigenvalue weighted by molar-refractivity contribution is 14.0. The molecule has 0 aliphatic rings. The van der Waals surface area contributed by atoms with Gasteiger partial charge in [-0.25, -0.2) is 9.38 Å². The van der Waals surface area contributed by atoms with Gasteiger partial charge in [-0.3, -0.25) is 4.79 Å². The molecule has 0 spiro atoms. The van der Waals surface area contributed by atoms with E-state index in [9.17, 15) is 9.18 Å². The lowest BCUT2D eigenvalue weighted by atomic mass is 10.1. The Morgan fingerprint density at radius 2 is 1.77 bits per heavy atom. The van der Waals surface area contributed by atoms with Gasteiger partial charge >= 0.3 is 0 Å². The molecule has 164 valence electrons. The third-order valence-corrected chi connectivity index (χ3v) is 4.21. The third-order valence-electron chi connectivity index (χ3n) is 4.21. The first kappa shape index (κ1) is 25.7. The quantitative estimate of drug-likeness (QED) is 0.202. The highest BCUT2D eigenvalue weighted by Gasteiger charge is 2.05. The number of guanidine groups is 1. The van der Waals surface area contributed by atoms with Crippen LogP contribution in [-0.2, 0) is 17.8 Å². The summed E-state index contributed by atoms with van der Waals surface area (Å²) in [5.41, 5.74) is 2.91. The SMILES string of the molecule is CCNC(=NCc1ccc(C)cc1OC)NCCNC(=O)Cc1ccc(F)cc1.I. The molecular formula is C22H30FIN4O2. The fraction of sp³-hybridized carbons (Fsp3) is 0.364. The van der Waals surface area contributed by atoms with E-state index < -0.39 is 0 Å². The zero-order valence-corrected chi connectivity index (χ0v) is 20.0. The van der Waals surface area contributed by atoms with Crippen molar-refractivity contribution in [2.24, 2.45) is 4.99 Å². The van der Waals surface area contributed by atoms with Gasteiger partial charge in [-0.1, -0.05) is 24.3 Å². The molecule has 0 aromatic heterocycles. The molecule has 0 atom stereocenters. The van der Waals surface area contributed by atoms with Crippen LogP contribution < -0.4 is 20.7 Å². The molecule has 0 heterocycles. The van der Waals surface area contributed by atoms with Crippen molar-refractivity contribution in [1.82, 2.24) is 16.0 Å². The normalized spacial score (nSPS) is 10.7. The first-order valence-electron chi connectivity index (χ1n) is 9.68. The van der Waals surface area contributed by atoms with Crippen molar-refractivity contribution in [1.29, 1.82) is 0 Å². The van der Waals surface area contributed by atoms with Gasteiger partial charge in [0.15, 0.2) is 5.96 Å². The number of halogens is 2. The number of carbonyl (C=O) groups is 1. The Bertz CT molecular complexity index is 828. The number of amides is 1. The molecule has 2 rings (SSSR count). The van der Waals surface area contributed by atoms with E-state index in [1.807, 2.05) is 32.0 Å². The highest BCUT2D eigenvalue weighted by Crippen LogP contribution is 2.20. The van der Waals surface area contributed by atoms with Crippen LogP contribution in [0.2, 0.25) is 0 Å². The van der Waals surface area contributed by atoms with E-state index in [1.54, 1.807) is 19.2 Å². The molecule has 0 radical (unpaired) electrons. The van der Waals surface area contributed by atoms with Gasteiger partial charge < -0.3 is 20.7 Å². The van der Waals surface area contributed by atoms with Gasteiger partial charge in [-0.2, -0.15) is 0 Å². The first-order chi connectivity index (χ1) is 14.0. The Hall–Kier alpha value is -2.36. The fourth-order valence-electron chi connectivity index (χ4n) is 2.72. The van der Waals surface area contributed by atoms with Crippen LogP contribution in [0.25, 0.3) is 0 Å². The molecule has 0 saturated carbocycles. The number of hydrogen-bond acceptors (Lipinski definition) is 3.